The van der Waals surface area contributed by atoms with Crippen LogP contribution < -0.4 is 5.32 Å². The van der Waals surface area contributed by atoms with Crippen LogP contribution in [0.4, 0.5) is 18.9 Å². The van der Waals surface area contributed by atoms with Gasteiger partial charge in [-0.3, -0.25) is 19.5 Å². The minimum atomic E-state index is -2.89. The number of carbonyl (C=O) groups excluding carboxylic acids is 2. The number of amides is 2. The minimum Gasteiger partial charge on any atom is -0.436 e. The normalized spacial score (nSPS) is 19.4. The van der Waals surface area contributed by atoms with Gasteiger partial charge in [0.15, 0.2) is 11.4 Å². The molecule has 16 heteroatoms. The van der Waals surface area contributed by atoms with Gasteiger partial charge in [0, 0.05) is 43.6 Å². The molecule has 1 aliphatic carbocycles. The molecule has 12 nitrogen and oxygen atoms in total. The zero-order valence-electron chi connectivity index (χ0n) is 22.9. The van der Waals surface area contributed by atoms with E-state index in [2.05, 4.69) is 30.7 Å². The van der Waals surface area contributed by atoms with Crippen molar-refractivity contribution in [3.63, 3.8) is 0 Å². The van der Waals surface area contributed by atoms with Crippen LogP contribution >= 0.6 is 11.3 Å². The van der Waals surface area contributed by atoms with E-state index in [1.54, 1.807) is 35.2 Å². The highest BCUT2D eigenvalue weighted by molar-refractivity contribution is 7.08. The molecule has 3 unspecified atom stereocenters. The zero-order valence-corrected chi connectivity index (χ0v) is 23.7. The van der Waals surface area contributed by atoms with E-state index < -0.39 is 24.7 Å². The molecule has 1 saturated heterocycles. The summed E-state index contributed by atoms with van der Waals surface area (Å²) in [6, 6.07) is 9.68. The van der Waals surface area contributed by atoms with E-state index in [-0.39, 0.29) is 40.4 Å². The monoisotopic (exact) mass is 623 g/mol. The quantitative estimate of drug-likeness (QED) is 0.270. The maximum Gasteiger partial charge on any atom is 0.350 e. The largest absolute Gasteiger partial charge is 0.436 e. The topological polar surface area (TPSA) is 135 Å². The smallest absolute Gasteiger partial charge is 0.350 e. The molecule has 1 N–H and O–H groups in total. The standard InChI is InChI=1S/C28H24F3N9O3S/c29-19-13-18(19)25(41)33-17-1-2-22-20(12-17)34-26(43-22)15-3-5-32-21(11-15)27(42)39-8-6-38(7-9-39)23(16-4-10-44-14-16)24-35-37-40(36-24)28(30)31/h1-5,10-12,14,18-19,23,28H,6-9,13H2,(H,33,41). The summed E-state index contributed by atoms with van der Waals surface area (Å²) in [6.45, 7) is -1.25. The van der Waals surface area contributed by atoms with Crippen LogP contribution in [0, 0.1) is 5.92 Å². The number of nitrogens with zero attached hydrogens (tertiary/aromatic N) is 8. The molecular weight excluding hydrogens is 599 g/mol. The molecule has 226 valence electrons. The Morgan fingerprint density at radius 3 is 2.61 bits per heavy atom. The number of tetrazole rings is 1. The highest BCUT2D eigenvalue weighted by Gasteiger charge is 2.43. The summed E-state index contributed by atoms with van der Waals surface area (Å²) in [7, 11) is 0. The number of piperazine rings is 1. The molecule has 1 aliphatic heterocycles. The van der Waals surface area contributed by atoms with Crippen LogP contribution in [-0.4, -0.2) is 84.1 Å². The summed E-state index contributed by atoms with van der Waals surface area (Å²) >= 11 is 1.48. The summed E-state index contributed by atoms with van der Waals surface area (Å²) < 4.78 is 45.4. The molecule has 2 fully saturated rings. The number of thiophene rings is 1. The lowest BCUT2D eigenvalue weighted by atomic mass is 10.1. The van der Waals surface area contributed by atoms with E-state index in [0.29, 0.717) is 48.5 Å². The maximum atomic E-state index is 13.4. The van der Waals surface area contributed by atoms with Gasteiger partial charge in [0.25, 0.3) is 5.91 Å². The number of fused-ring (bicyclic) bond motifs is 1. The van der Waals surface area contributed by atoms with Crippen molar-refractivity contribution < 1.29 is 27.2 Å². The van der Waals surface area contributed by atoms with Crippen molar-refractivity contribution in [2.24, 2.45) is 5.92 Å². The van der Waals surface area contributed by atoms with Gasteiger partial charge in [0.05, 0.1) is 5.92 Å². The van der Waals surface area contributed by atoms with Crippen molar-refractivity contribution in [3.05, 3.63) is 70.4 Å². The molecule has 2 aliphatic rings. The first-order valence-corrected chi connectivity index (χ1v) is 14.7. The Hall–Kier alpha value is -4.70. The van der Waals surface area contributed by atoms with Gasteiger partial charge in [-0.1, -0.05) is 4.80 Å². The molecule has 4 aromatic heterocycles. The van der Waals surface area contributed by atoms with Gasteiger partial charge in [-0.25, -0.2) is 9.37 Å². The number of hydrogen-bond donors (Lipinski definition) is 1. The number of pyridine rings is 1. The van der Waals surface area contributed by atoms with E-state index in [1.807, 2.05) is 21.7 Å². The molecule has 1 aromatic carbocycles. The highest BCUT2D eigenvalue weighted by atomic mass is 32.1. The van der Waals surface area contributed by atoms with Crippen LogP contribution in [0.5, 0.6) is 0 Å². The first-order valence-electron chi connectivity index (χ1n) is 13.8. The third-order valence-electron chi connectivity index (χ3n) is 7.62. The fourth-order valence-corrected chi connectivity index (χ4v) is 5.89. The van der Waals surface area contributed by atoms with Crippen molar-refractivity contribution in [2.45, 2.75) is 25.2 Å². The molecule has 0 spiro atoms. The second-order valence-electron chi connectivity index (χ2n) is 10.5. The second-order valence-corrected chi connectivity index (χ2v) is 11.3. The number of halogens is 3. The van der Waals surface area contributed by atoms with Crippen LogP contribution in [0.3, 0.4) is 0 Å². The first kappa shape index (κ1) is 28.1. The Labute approximate surface area is 251 Å². The number of carbonyl (C=O) groups is 2. The molecule has 3 atom stereocenters. The van der Waals surface area contributed by atoms with Crippen molar-refractivity contribution in [1.29, 1.82) is 0 Å². The summed E-state index contributed by atoms with van der Waals surface area (Å²) in [5.74, 6) is -0.797. The fraction of sp³-hybridized carbons (Fsp3) is 0.321. The summed E-state index contributed by atoms with van der Waals surface area (Å²) in [6.07, 6.45) is 0.655. The van der Waals surface area contributed by atoms with Gasteiger partial charge >= 0.3 is 6.55 Å². The van der Waals surface area contributed by atoms with Crippen molar-refractivity contribution in [3.8, 4) is 11.5 Å². The van der Waals surface area contributed by atoms with Gasteiger partial charge in [-0.2, -0.15) is 20.1 Å². The van der Waals surface area contributed by atoms with Gasteiger partial charge in [0.1, 0.15) is 23.4 Å². The average Bonchev–Trinajstić information content (AvgIpc) is 3.48. The summed E-state index contributed by atoms with van der Waals surface area (Å²) in [5, 5.41) is 17.8. The fourth-order valence-electron chi connectivity index (χ4n) is 5.21. The second kappa shape index (κ2) is 11.4. The van der Waals surface area contributed by atoms with E-state index in [1.165, 1.54) is 17.5 Å². The van der Waals surface area contributed by atoms with Crippen LogP contribution in [0.2, 0.25) is 0 Å². The molecule has 1 saturated carbocycles. The molecule has 0 radical (unpaired) electrons. The van der Waals surface area contributed by atoms with E-state index in [4.69, 9.17) is 4.42 Å². The van der Waals surface area contributed by atoms with Gasteiger partial charge in [-0.05, 0) is 64.4 Å². The molecule has 5 heterocycles. The van der Waals surface area contributed by atoms with Crippen LogP contribution in [0.15, 0.2) is 57.8 Å². The molecule has 2 amide bonds. The molecule has 0 bridgehead atoms. The Balaban J connectivity index is 1.04. The number of hydrogen-bond acceptors (Lipinski definition) is 10. The maximum absolute atomic E-state index is 13.4. The predicted octanol–water partition coefficient (Wildman–Crippen LogP) is 4.18. The Kier molecular flexibility index (Phi) is 7.29. The van der Waals surface area contributed by atoms with Gasteiger partial charge in [0.2, 0.25) is 11.8 Å². The Bertz CT molecular complexity index is 1820. The number of nitrogens with one attached hydrogen (secondary N) is 1. The Morgan fingerprint density at radius 1 is 1.09 bits per heavy atom. The van der Waals surface area contributed by atoms with Gasteiger partial charge < -0.3 is 14.6 Å². The minimum absolute atomic E-state index is 0.169. The van der Waals surface area contributed by atoms with Crippen molar-refractivity contribution in [2.75, 3.05) is 31.5 Å². The van der Waals surface area contributed by atoms with Gasteiger partial charge in [-0.15, -0.1) is 10.2 Å². The zero-order chi connectivity index (χ0) is 30.4. The van der Waals surface area contributed by atoms with Crippen LogP contribution in [0.25, 0.3) is 22.6 Å². The lowest BCUT2D eigenvalue weighted by Crippen LogP contribution is -2.50. The molecule has 7 rings (SSSR count). The van der Waals surface area contributed by atoms with Crippen LogP contribution in [-0.2, 0) is 4.79 Å². The lowest BCUT2D eigenvalue weighted by molar-refractivity contribution is -0.117. The lowest BCUT2D eigenvalue weighted by Gasteiger charge is -2.38. The number of anilines is 1. The number of benzene rings is 1. The third-order valence-corrected chi connectivity index (χ3v) is 8.32. The number of aromatic nitrogens is 6. The first-order chi connectivity index (χ1) is 21.3. The SMILES string of the molecule is O=C(Nc1ccc2oc(-c3ccnc(C(=O)N4CCN(C(c5ccsc5)c5nnn(C(F)F)n5)CC4)c3)nc2c1)C1CC1F. The Morgan fingerprint density at radius 2 is 1.91 bits per heavy atom. The number of oxazole rings is 1. The average molecular weight is 624 g/mol. The summed E-state index contributed by atoms with van der Waals surface area (Å²) in [5.41, 5.74) is 3.09. The molecule has 44 heavy (non-hydrogen) atoms. The highest BCUT2D eigenvalue weighted by Crippen LogP contribution is 2.35. The number of rotatable bonds is 8. The van der Waals surface area contributed by atoms with E-state index in [0.717, 1.165) is 5.56 Å². The molecule has 5 aromatic rings. The van der Waals surface area contributed by atoms with E-state index in [9.17, 15) is 22.8 Å². The van der Waals surface area contributed by atoms with Crippen molar-refractivity contribution >= 4 is 39.9 Å². The van der Waals surface area contributed by atoms with E-state index >= 15 is 0 Å². The summed E-state index contributed by atoms with van der Waals surface area (Å²) in [4.78, 5) is 38.4. The van der Waals surface area contributed by atoms with Crippen LogP contribution in [0.1, 0.15) is 40.9 Å². The van der Waals surface area contributed by atoms with Crippen molar-refractivity contribution in [1.82, 2.24) is 40.0 Å². The third kappa shape index (κ3) is 5.53. The predicted molar refractivity (Wildman–Crippen MR) is 152 cm³/mol. The molecular formula is C28H24F3N9O3S. The number of alkyl halides is 3.